The second kappa shape index (κ2) is 11.5. The molecule has 0 aliphatic heterocycles. The molecule has 2 heterocycles. The van der Waals surface area contributed by atoms with Gasteiger partial charge in [-0.05, 0) is 50.7 Å². The second-order valence-electron chi connectivity index (χ2n) is 9.24. The minimum atomic E-state index is -3.54. The first-order chi connectivity index (χ1) is 16.9. The first-order valence-electron chi connectivity index (χ1n) is 12.7. The van der Waals surface area contributed by atoms with Gasteiger partial charge in [0.1, 0.15) is 5.69 Å². The van der Waals surface area contributed by atoms with E-state index in [4.69, 9.17) is 10.1 Å². The molecule has 1 aliphatic rings. The van der Waals surface area contributed by atoms with Gasteiger partial charge in [-0.1, -0.05) is 38.8 Å². The number of aliphatic hydroxyl groups is 1. The Balaban J connectivity index is 1.67. The van der Waals surface area contributed by atoms with Crippen LogP contribution in [0.3, 0.4) is 0 Å². The first-order valence-corrected chi connectivity index (χ1v) is 14.2. The van der Waals surface area contributed by atoms with Crippen LogP contribution in [0.1, 0.15) is 71.3 Å². The number of unbranched alkanes of at least 4 members (excludes halogenated alkanes) is 2. The lowest BCUT2D eigenvalue weighted by Crippen LogP contribution is -2.24. The normalized spacial score (nSPS) is 18.7. The van der Waals surface area contributed by atoms with Crippen molar-refractivity contribution in [2.24, 2.45) is 0 Å². The molecule has 0 radical (unpaired) electrons. The molecular weight excluding hydrogens is 464 g/mol. The maximum atomic E-state index is 12.6. The number of fused-ring (bicyclic) bond motifs is 1. The maximum Gasteiger partial charge on any atom is 0.240 e. The summed E-state index contributed by atoms with van der Waals surface area (Å²) in [5.41, 5.74) is 2.30. The highest BCUT2D eigenvalue weighted by molar-refractivity contribution is 7.89. The molecule has 0 atom stereocenters. The van der Waals surface area contributed by atoms with Gasteiger partial charge >= 0.3 is 0 Å². The van der Waals surface area contributed by atoms with Gasteiger partial charge in [-0.2, -0.15) is 10.1 Å². The number of hydrogen-bond donors (Lipinski definition) is 3. The van der Waals surface area contributed by atoms with Crippen molar-refractivity contribution in [3.05, 3.63) is 30.5 Å². The van der Waals surface area contributed by atoms with Crippen molar-refractivity contribution in [3.8, 4) is 11.3 Å². The van der Waals surface area contributed by atoms with Crippen LogP contribution in [-0.2, 0) is 10.0 Å². The van der Waals surface area contributed by atoms with Crippen LogP contribution >= 0.6 is 0 Å². The summed E-state index contributed by atoms with van der Waals surface area (Å²) in [6, 6.07) is 6.97. The smallest absolute Gasteiger partial charge is 0.240 e. The van der Waals surface area contributed by atoms with Gasteiger partial charge in [-0.25, -0.2) is 22.8 Å². The Labute approximate surface area is 207 Å². The summed E-state index contributed by atoms with van der Waals surface area (Å²) in [5, 5.41) is 19.0. The van der Waals surface area contributed by atoms with E-state index in [0.29, 0.717) is 12.5 Å². The Morgan fingerprint density at radius 3 is 2.40 bits per heavy atom. The van der Waals surface area contributed by atoms with Crippen LogP contribution in [0.2, 0.25) is 0 Å². The highest BCUT2D eigenvalue weighted by Gasteiger charge is 2.26. The van der Waals surface area contributed by atoms with Gasteiger partial charge in [0.15, 0.2) is 5.65 Å². The van der Waals surface area contributed by atoms with Gasteiger partial charge in [0.05, 0.1) is 22.4 Å². The molecule has 35 heavy (non-hydrogen) atoms. The average molecular weight is 501 g/mol. The van der Waals surface area contributed by atoms with E-state index >= 15 is 0 Å². The van der Waals surface area contributed by atoms with E-state index in [-0.39, 0.29) is 17.0 Å². The number of sulfonamides is 1. The van der Waals surface area contributed by atoms with Crippen molar-refractivity contribution < 1.29 is 13.5 Å². The first kappa shape index (κ1) is 25.5. The quantitative estimate of drug-likeness (QED) is 0.336. The van der Waals surface area contributed by atoms with Gasteiger partial charge in [0.2, 0.25) is 16.0 Å². The molecule has 3 aromatic rings. The van der Waals surface area contributed by atoms with Crippen molar-refractivity contribution in [2.75, 3.05) is 18.4 Å². The molecule has 10 heteroatoms. The second-order valence-corrected chi connectivity index (χ2v) is 11.0. The van der Waals surface area contributed by atoms with E-state index in [0.717, 1.165) is 80.2 Å². The molecule has 1 fully saturated rings. The van der Waals surface area contributed by atoms with Crippen molar-refractivity contribution in [1.82, 2.24) is 24.5 Å². The summed E-state index contributed by atoms with van der Waals surface area (Å²) in [4.78, 5) is 9.55. The monoisotopic (exact) mass is 500 g/mol. The molecule has 0 unspecified atom stereocenters. The number of anilines is 1. The van der Waals surface area contributed by atoms with Crippen LogP contribution < -0.4 is 10.0 Å². The molecule has 1 saturated carbocycles. The molecule has 0 bridgehead atoms. The molecule has 3 N–H and O–H groups in total. The van der Waals surface area contributed by atoms with E-state index in [2.05, 4.69) is 21.9 Å². The highest BCUT2D eigenvalue weighted by Crippen LogP contribution is 2.34. The van der Waals surface area contributed by atoms with Crippen molar-refractivity contribution in [3.63, 3.8) is 0 Å². The topological polar surface area (TPSA) is 122 Å². The fraction of sp³-hybridized carbons (Fsp3) is 0.560. The fourth-order valence-corrected chi connectivity index (χ4v) is 5.49. The number of nitrogens with one attached hydrogen (secondary N) is 2. The molecule has 4 rings (SSSR count). The molecule has 2 aromatic heterocycles. The zero-order chi connectivity index (χ0) is 24.8. The number of benzene rings is 1. The predicted molar refractivity (Wildman–Crippen MR) is 138 cm³/mol. The van der Waals surface area contributed by atoms with Gasteiger partial charge in [0.25, 0.3) is 0 Å². The van der Waals surface area contributed by atoms with E-state index in [1.807, 2.05) is 11.6 Å². The summed E-state index contributed by atoms with van der Waals surface area (Å²) in [7, 11) is -3.54. The van der Waals surface area contributed by atoms with E-state index < -0.39 is 10.0 Å². The lowest BCUT2D eigenvalue weighted by molar-refractivity contribution is 0.109. The van der Waals surface area contributed by atoms with Gasteiger partial charge in [-0.3, -0.25) is 0 Å². The summed E-state index contributed by atoms with van der Waals surface area (Å²) < 4.78 is 29.8. The summed E-state index contributed by atoms with van der Waals surface area (Å²) in [5.74, 6) is 0.578. The SMILES string of the molecule is CCCCNc1ncc2c(-c3ccc(S(=O)(=O)NCCCC)cc3)nn([C@H]3CC[C@@H](O)CC3)c2n1. The number of nitrogens with zero attached hydrogens (tertiary/aromatic N) is 4. The number of aliphatic hydroxyl groups excluding tert-OH is 1. The third kappa shape index (κ3) is 5.99. The molecule has 0 spiro atoms. The third-order valence-corrected chi connectivity index (χ3v) is 8.01. The highest BCUT2D eigenvalue weighted by atomic mass is 32.2. The van der Waals surface area contributed by atoms with E-state index in [9.17, 15) is 13.5 Å². The van der Waals surface area contributed by atoms with Gasteiger partial charge < -0.3 is 10.4 Å². The van der Waals surface area contributed by atoms with Crippen LogP contribution in [0.4, 0.5) is 5.95 Å². The van der Waals surface area contributed by atoms with Gasteiger partial charge in [0, 0.05) is 24.8 Å². The third-order valence-electron chi connectivity index (χ3n) is 6.53. The molecule has 1 aromatic carbocycles. The van der Waals surface area contributed by atoms with Crippen LogP contribution in [0.5, 0.6) is 0 Å². The van der Waals surface area contributed by atoms with Crippen molar-refractivity contribution in [1.29, 1.82) is 0 Å². The van der Waals surface area contributed by atoms with E-state index in [1.54, 1.807) is 30.5 Å². The fourth-order valence-electron chi connectivity index (χ4n) is 4.41. The minimum Gasteiger partial charge on any atom is -0.393 e. The van der Waals surface area contributed by atoms with Crippen LogP contribution in [0.15, 0.2) is 35.4 Å². The van der Waals surface area contributed by atoms with E-state index in [1.165, 1.54) is 0 Å². The number of hydrogen-bond acceptors (Lipinski definition) is 7. The lowest BCUT2D eigenvalue weighted by Gasteiger charge is -2.25. The Morgan fingerprint density at radius 1 is 1.03 bits per heavy atom. The zero-order valence-corrected chi connectivity index (χ0v) is 21.4. The summed E-state index contributed by atoms with van der Waals surface area (Å²) in [6.45, 7) is 5.40. The average Bonchev–Trinajstić information content (AvgIpc) is 3.24. The standard InChI is InChI=1S/C25H36N6O3S/c1-3-5-15-26-25-27-17-22-23(30-31(24(22)29-25)19-9-11-20(32)12-10-19)18-7-13-21(14-8-18)35(33,34)28-16-6-4-2/h7-8,13-14,17,19-20,28,32H,3-6,9-12,15-16H2,1-2H3,(H,26,27,29)/t19-,20+. The number of rotatable bonds is 11. The van der Waals surface area contributed by atoms with Crippen molar-refractivity contribution >= 4 is 27.0 Å². The zero-order valence-electron chi connectivity index (χ0n) is 20.6. The maximum absolute atomic E-state index is 12.6. The Morgan fingerprint density at radius 2 is 1.71 bits per heavy atom. The molecular formula is C25H36N6O3S. The molecule has 190 valence electrons. The Hall–Kier alpha value is -2.56. The molecule has 0 saturated heterocycles. The predicted octanol–water partition coefficient (Wildman–Crippen LogP) is 4.26. The molecule has 1 aliphatic carbocycles. The van der Waals surface area contributed by atoms with Crippen LogP contribution in [0, 0.1) is 0 Å². The van der Waals surface area contributed by atoms with Gasteiger partial charge in [-0.15, -0.1) is 0 Å². The molecule has 9 nitrogen and oxygen atoms in total. The lowest BCUT2D eigenvalue weighted by atomic mass is 9.93. The largest absolute Gasteiger partial charge is 0.393 e. The minimum absolute atomic E-state index is 0.149. The van der Waals surface area contributed by atoms with Crippen molar-refractivity contribution in [2.45, 2.75) is 82.3 Å². The van der Waals surface area contributed by atoms with Crippen LogP contribution in [0.25, 0.3) is 22.3 Å². The summed E-state index contributed by atoms with van der Waals surface area (Å²) in [6.07, 6.45) is 8.54. The Bertz CT molecular complexity index is 1220. The van der Waals surface area contributed by atoms with Crippen LogP contribution in [-0.4, -0.2) is 52.5 Å². The Kier molecular flexibility index (Phi) is 8.35. The molecule has 0 amide bonds. The summed E-state index contributed by atoms with van der Waals surface area (Å²) >= 11 is 0. The number of aromatic nitrogens is 4.